The monoisotopic (exact) mass is 225 g/mol. The van der Waals surface area contributed by atoms with Crippen molar-refractivity contribution in [2.75, 3.05) is 0 Å². The summed E-state index contributed by atoms with van der Waals surface area (Å²) in [6.07, 6.45) is 12.1. The lowest BCUT2D eigenvalue weighted by Gasteiger charge is -2.02. The van der Waals surface area contributed by atoms with E-state index in [1.54, 1.807) is 6.20 Å². The van der Waals surface area contributed by atoms with Gasteiger partial charge in [0.15, 0.2) is 0 Å². The molecule has 0 saturated heterocycles. The second-order valence-electron chi connectivity index (χ2n) is 4.77. The van der Waals surface area contributed by atoms with Gasteiger partial charge in [-0.15, -0.1) is 0 Å². The van der Waals surface area contributed by atoms with Crippen molar-refractivity contribution in [3.8, 4) is 0 Å². The highest BCUT2D eigenvalue weighted by molar-refractivity contribution is 5.76. The van der Waals surface area contributed by atoms with Gasteiger partial charge in [0.25, 0.3) is 0 Å². The standard InChI is InChI=1S/C14H27NO/c1-4-5-6-7-8-9-10-11-15-14(16)12-13(2)3/h10-11,13H,4-9,12H2,1-3H3,(H,15,16). The first-order valence-electron chi connectivity index (χ1n) is 6.61. The smallest absolute Gasteiger partial charge is 0.224 e. The van der Waals surface area contributed by atoms with Crippen molar-refractivity contribution in [2.45, 2.75) is 65.7 Å². The van der Waals surface area contributed by atoms with Gasteiger partial charge in [-0.05, 0) is 25.0 Å². The fourth-order valence-corrected chi connectivity index (χ4v) is 1.53. The SMILES string of the molecule is CCCCCCCC=CNC(=O)CC(C)C. The first kappa shape index (κ1) is 15.2. The topological polar surface area (TPSA) is 29.1 Å². The minimum Gasteiger partial charge on any atom is -0.333 e. The summed E-state index contributed by atoms with van der Waals surface area (Å²) in [5.74, 6) is 0.555. The number of allylic oxidation sites excluding steroid dienone is 1. The average molecular weight is 225 g/mol. The summed E-state index contributed by atoms with van der Waals surface area (Å²) in [5.41, 5.74) is 0. The van der Waals surface area contributed by atoms with Crippen LogP contribution in [0.1, 0.15) is 65.7 Å². The summed E-state index contributed by atoms with van der Waals surface area (Å²) in [6, 6.07) is 0. The van der Waals surface area contributed by atoms with Gasteiger partial charge >= 0.3 is 0 Å². The molecule has 0 fully saturated rings. The van der Waals surface area contributed by atoms with Crippen LogP contribution in [0.4, 0.5) is 0 Å². The van der Waals surface area contributed by atoms with Gasteiger partial charge in [-0.3, -0.25) is 4.79 Å². The quantitative estimate of drug-likeness (QED) is 0.590. The summed E-state index contributed by atoms with van der Waals surface area (Å²) < 4.78 is 0. The van der Waals surface area contributed by atoms with Crippen LogP contribution in [0.3, 0.4) is 0 Å². The minimum absolute atomic E-state index is 0.122. The Morgan fingerprint density at radius 3 is 2.50 bits per heavy atom. The summed E-state index contributed by atoms with van der Waals surface area (Å²) in [6.45, 7) is 6.33. The molecule has 2 nitrogen and oxygen atoms in total. The molecule has 0 saturated carbocycles. The highest BCUT2D eigenvalue weighted by Crippen LogP contribution is 2.05. The Kier molecular flexibility index (Phi) is 10.2. The number of hydrogen-bond acceptors (Lipinski definition) is 1. The van der Waals surface area contributed by atoms with E-state index in [1.165, 1.54) is 32.1 Å². The van der Waals surface area contributed by atoms with E-state index in [1.807, 2.05) is 0 Å². The number of carbonyl (C=O) groups is 1. The highest BCUT2D eigenvalue weighted by Gasteiger charge is 2.00. The first-order valence-corrected chi connectivity index (χ1v) is 6.61. The van der Waals surface area contributed by atoms with Gasteiger partial charge in [-0.25, -0.2) is 0 Å². The van der Waals surface area contributed by atoms with Crippen molar-refractivity contribution >= 4 is 5.91 Å². The predicted octanol–water partition coefficient (Wildman–Crippen LogP) is 4.02. The lowest BCUT2D eigenvalue weighted by Crippen LogP contribution is -2.18. The Labute approximate surface area is 101 Å². The van der Waals surface area contributed by atoms with Crippen LogP contribution in [0, 0.1) is 5.92 Å². The van der Waals surface area contributed by atoms with Gasteiger partial charge in [0.05, 0.1) is 0 Å². The fourth-order valence-electron chi connectivity index (χ4n) is 1.53. The van der Waals surface area contributed by atoms with E-state index < -0.39 is 0 Å². The van der Waals surface area contributed by atoms with Crippen molar-refractivity contribution in [2.24, 2.45) is 5.92 Å². The third kappa shape index (κ3) is 11.3. The zero-order valence-electron chi connectivity index (χ0n) is 11.1. The molecule has 16 heavy (non-hydrogen) atoms. The second kappa shape index (κ2) is 10.7. The van der Waals surface area contributed by atoms with E-state index in [0.717, 1.165) is 6.42 Å². The van der Waals surface area contributed by atoms with E-state index in [9.17, 15) is 4.79 Å². The molecule has 0 unspecified atom stereocenters. The Bertz CT molecular complexity index is 197. The number of unbranched alkanes of at least 4 members (excludes halogenated alkanes) is 5. The van der Waals surface area contributed by atoms with Crippen molar-refractivity contribution in [1.82, 2.24) is 5.32 Å². The molecule has 0 heterocycles. The van der Waals surface area contributed by atoms with Crippen LogP contribution in [0.15, 0.2) is 12.3 Å². The Hall–Kier alpha value is -0.790. The number of rotatable bonds is 9. The number of amides is 1. The van der Waals surface area contributed by atoms with Crippen molar-refractivity contribution in [3.05, 3.63) is 12.3 Å². The predicted molar refractivity (Wildman–Crippen MR) is 70.1 cm³/mol. The average Bonchev–Trinajstić information content (AvgIpc) is 2.21. The molecule has 2 heteroatoms. The van der Waals surface area contributed by atoms with Gasteiger partial charge in [0.2, 0.25) is 5.91 Å². The molecule has 0 bridgehead atoms. The Morgan fingerprint density at radius 1 is 1.19 bits per heavy atom. The highest BCUT2D eigenvalue weighted by atomic mass is 16.1. The zero-order chi connectivity index (χ0) is 12.2. The Morgan fingerprint density at radius 2 is 1.88 bits per heavy atom. The van der Waals surface area contributed by atoms with Gasteiger partial charge in [-0.2, -0.15) is 0 Å². The molecule has 94 valence electrons. The number of hydrogen-bond donors (Lipinski definition) is 1. The van der Waals surface area contributed by atoms with E-state index in [0.29, 0.717) is 12.3 Å². The lowest BCUT2D eigenvalue weighted by molar-refractivity contribution is -0.120. The minimum atomic E-state index is 0.122. The largest absolute Gasteiger partial charge is 0.333 e. The van der Waals surface area contributed by atoms with Crippen LogP contribution in [0.5, 0.6) is 0 Å². The molecule has 0 rings (SSSR count). The normalized spacial score (nSPS) is 11.2. The van der Waals surface area contributed by atoms with Gasteiger partial charge in [-0.1, -0.05) is 52.5 Å². The van der Waals surface area contributed by atoms with Crippen LogP contribution < -0.4 is 5.32 Å². The molecule has 0 aliphatic heterocycles. The molecule has 0 aromatic heterocycles. The van der Waals surface area contributed by atoms with Gasteiger partial charge in [0.1, 0.15) is 0 Å². The molecule has 0 aromatic rings. The van der Waals surface area contributed by atoms with Crippen LogP contribution >= 0.6 is 0 Å². The number of carbonyl (C=O) groups excluding carboxylic acids is 1. The molecule has 0 atom stereocenters. The fraction of sp³-hybridized carbons (Fsp3) is 0.786. The zero-order valence-corrected chi connectivity index (χ0v) is 11.1. The van der Waals surface area contributed by atoms with Crippen LogP contribution in [0.2, 0.25) is 0 Å². The lowest BCUT2D eigenvalue weighted by atomic mass is 10.1. The second-order valence-corrected chi connectivity index (χ2v) is 4.77. The maximum Gasteiger partial charge on any atom is 0.224 e. The van der Waals surface area contributed by atoms with Gasteiger partial charge < -0.3 is 5.32 Å². The van der Waals surface area contributed by atoms with E-state index in [4.69, 9.17) is 0 Å². The summed E-state index contributed by atoms with van der Waals surface area (Å²) in [5, 5.41) is 2.80. The molecule has 0 spiro atoms. The van der Waals surface area contributed by atoms with Crippen LogP contribution in [-0.4, -0.2) is 5.91 Å². The van der Waals surface area contributed by atoms with E-state index in [2.05, 4.69) is 32.2 Å². The van der Waals surface area contributed by atoms with Crippen molar-refractivity contribution in [3.63, 3.8) is 0 Å². The van der Waals surface area contributed by atoms with Gasteiger partial charge in [0, 0.05) is 6.42 Å². The van der Waals surface area contributed by atoms with E-state index in [-0.39, 0.29) is 5.91 Å². The number of nitrogens with one attached hydrogen (secondary N) is 1. The third-order valence-corrected chi connectivity index (χ3v) is 2.43. The summed E-state index contributed by atoms with van der Waals surface area (Å²) in [4.78, 5) is 11.3. The molecule has 0 radical (unpaired) electrons. The molecule has 1 amide bonds. The molecule has 0 aliphatic rings. The molecule has 0 aromatic carbocycles. The molecular weight excluding hydrogens is 198 g/mol. The van der Waals surface area contributed by atoms with E-state index >= 15 is 0 Å². The maximum atomic E-state index is 11.3. The third-order valence-electron chi connectivity index (χ3n) is 2.43. The van der Waals surface area contributed by atoms with Crippen LogP contribution in [0.25, 0.3) is 0 Å². The first-order chi connectivity index (χ1) is 7.66. The Balaban J connectivity index is 3.30. The summed E-state index contributed by atoms with van der Waals surface area (Å²) in [7, 11) is 0. The van der Waals surface area contributed by atoms with Crippen LogP contribution in [-0.2, 0) is 4.79 Å². The van der Waals surface area contributed by atoms with Crippen molar-refractivity contribution in [1.29, 1.82) is 0 Å². The molecule has 0 aliphatic carbocycles. The summed E-state index contributed by atoms with van der Waals surface area (Å²) >= 11 is 0. The maximum absolute atomic E-state index is 11.3. The van der Waals surface area contributed by atoms with Crippen molar-refractivity contribution < 1.29 is 4.79 Å². The molecular formula is C14H27NO. The molecule has 1 N–H and O–H groups in total.